The second-order valence-electron chi connectivity index (χ2n) is 3.08. The molecule has 1 heterocycles. The van der Waals surface area contributed by atoms with Crippen LogP contribution in [0.3, 0.4) is 0 Å². The van der Waals surface area contributed by atoms with Crippen LogP contribution in [0.1, 0.15) is 11.7 Å². The van der Waals surface area contributed by atoms with Gasteiger partial charge in [-0.1, -0.05) is 23.7 Å². The van der Waals surface area contributed by atoms with Gasteiger partial charge in [-0.2, -0.15) is 0 Å². The van der Waals surface area contributed by atoms with E-state index in [1.54, 1.807) is 18.2 Å². The van der Waals surface area contributed by atoms with Gasteiger partial charge >= 0.3 is 0 Å². The largest absolute Gasteiger partial charge is 0.490 e. The minimum Gasteiger partial charge on any atom is -0.490 e. The summed E-state index contributed by atoms with van der Waals surface area (Å²) < 4.78 is 5.32. The van der Waals surface area contributed by atoms with Crippen molar-refractivity contribution in [1.29, 1.82) is 0 Å². The van der Waals surface area contributed by atoms with E-state index in [1.165, 1.54) is 0 Å². The number of benzene rings is 1. The van der Waals surface area contributed by atoms with Gasteiger partial charge in [0.25, 0.3) is 0 Å². The van der Waals surface area contributed by atoms with Crippen molar-refractivity contribution in [2.24, 2.45) is 5.73 Å². The molecule has 3 nitrogen and oxygen atoms in total. The number of para-hydroxylation sites is 1. The summed E-state index contributed by atoms with van der Waals surface area (Å²) in [4.78, 5) is 0. The Bertz CT molecular complexity index is 329. The smallest absolute Gasteiger partial charge is 0.143 e. The number of hydrogen-bond donors (Lipinski definition) is 2. The molecule has 0 aliphatic carbocycles. The van der Waals surface area contributed by atoms with E-state index in [2.05, 4.69) is 0 Å². The van der Waals surface area contributed by atoms with Crippen molar-refractivity contribution in [2.75, 3.05) is 6.61 Å². The fourth-order valence-corrected chi connectivity index (χ4v) is 1.65. The molecule has 0 spiro atoms. The van der Waals surface area contributed by atoms with Crippen molar-refractivity contribution in [1.82, 2.24) is 0 Å². The van der Waals surface area contributed by atoms with Gasteiger partial charge in [0.2, 0.25) is 0 Å². The number of aliphatic hydroxyl groups is 1. The third kappa shape index (κ3) is 1.39. The van der Waals surface area contributed by atoms with Gasteiger partial charge in [-0.05, 0) is 6.07 Å². The zero-order valence-corrected chi connectivity index (χ0v) is 7.66. The van der Waals surface area contributed by atoms with Crippen molar-refractivity contribution in [2.45, 2.75) is 12.1 Å². The van der Waals surface area contributed by atoms with Crippen LogP contribution in [0.5, 0.6) is 5.75 Å². The van der Waals surface area contributed by atoms with Gasteiger partial charge in [-0.25, -0.2) is 0 Å². The Hall–Kier alpha value is -0.770. The standard InChI is InChI=1S/C9H10ClNO2/c10-6-3-1-2-5-8(12)7(11)4-13-9(5)6/h1-3,7-8,12H,4,11H2/t7-,8+/m0/s1. The van der Waals surface area contributed by atoms with E-state index in [-0.39, 0.29) is 6.04 Å². The Labute approximate surface area is 81.1 Å². The van der Waals surface area contributed by atoms with Crippen molar-refractivity contribution < 1.29 is 9.84 Å². The summed E-state index contributed by atoms with van der Waals surface area (Å²) in [6, 6.07) is 4.90. The third-order valence-electron chi connectivity index (χ3n) is 2.14. The van der Waals surface area contributed by atoms with Gasteiger partial charge in [-0.3, -0.25) is 0 Å². The quantitative estimate of drug-likeness (QED) is 0.658. The molecule has 0 amide bonds. The summed E-state index contributed by atoms with van der Waals surface area (Å²) in [5, 5.41) is 10.2. The summed E-state index contributed by atoms with van der Waals surface area (Å²) in [5.41, 5.74) is 6.30. The van der Waals surface area contributed by atoms with Crippen LogP contribution in [-0.2, 0) is 0 Å². The lowest BCUT2D eigenvalue weighted by molar-refractivity contribution is 0.0916. The van der Waals surface area contributed by atoms with E-state index < -0.39 is 6.10 Å². The lowest BCUT2D eigenvalue weighted by Crippen LogP contribution is -2.38. The predicted octanol–water partition coefficient (Wildman–Crippen LogP) is 1.09. The first-order chi connectivity index (χ1) is 6.20. The molecule has 0 radical (unpaired) electrons. The first-order valence-electron chi connectivity index (χ1n) is 4.05. The summed E-state index contributed by atoms with van der Waals surface area (Å²) in [7, 11) is 0. The van der Waals surface area contributed by atoms with Crippen LogP contribution in [-0.4, -0.2) is 17.8 Å². The Kier molecular flexibility index (Phi) is 2.15. The lowest BCUT2D eigenvalue weighted by atomic mass is 10.00. The molecule has 1 aromatic carbocycles. The number of ether oxygens (including phenoxy) is 1. The fourth-order valence-electron chi connectivity index (χ4n) is 1.41. The van der Waals surface area contributed by atoms with Crippen LogP contribution in [0, 0.1) is 0 Å². The van der Waals surface area contributed by atoms with Crippen LogP contribution in [0.15, 0.2) is 18.2 Å². The molecule has 0 aromatic heterocycles. The molecule has 1 aliphatic heterocycles. The molecule has 0 bridgehead atoms. The fraction of sp³-hybridized carbons (Fsp3) is 0.333. The highest BCUT2D eigenvalue weighted by Crippen LogP contribution is 2.36. The topological polar surface area (TPSA) is 55.5 Å². The third-order valence-corrected chi connectivity index (χ3v) is 2.44. The first-order valence-corrected chi connectivity index (χ1v) is 4.43. The van der Waals surface area contributed by atoms with Crippen LogP contribution in [0.25, 0.3) is 0 Å². The van der Waals surface area contributed by atoms with Gasteiger partial charge in [-0.15, -0.1) is 0 Å². The van der Waals surface area contributed by atoms with E-state index in [0.717, 1.165) is 0 Å². The van der Waals surface area contributed by atoms with Crippen molar-refractivity contribution in [3.8, 4) is 5.75 Å². The van der Waals surface area contributed by atoms with Crippen LogP contribution in [0.2, 0.25) is 5.02 Å². The number of aliphatic hydroxyl groups excluding tert-OH is 1. The van der Waals surface area contributed by atoms with Gasteiger partial charge < -0.3 is 15.6 Å². The normalized spacial score (nSPS) is 26.4. The van der Waals surface area contributed by atoms with Gasteiger partial charge in [0, 0.05) is 5.56 Å². The summed E-state index contributed by atoms with van der Waals surface area (Å²) >= 11 is 5.88. The summed E-state index contributed by atoms with van der Waals surface area (Å²) in [6.07, 6.45) is -0.678. The maximum absolute atomic E-state index is 9.69. The number of halogens is 1. The van der Waals surface area contributed by atoms with Crippen LogP contribution < -0.4 is 10.5 Å². The zero-order valence-electron chi connectivity index (χ0n) is 6.90. The van der Waals surface area contributed by atoms with E-state index in [4.69, 9.17) is 22.1 Å². The van der Waals surface area contributed by atoms with E-state index in [1.807, 2.05) is 0 Å². The molecule has 1 aliphatic rings. The number of nitrogens with two attached hydrogens (primary N) is 1. The van der Waals surface area contributed by atoms with Crippen molar-refractivity contribution in [3.63, 3.8) is 0 Å². The van der Waals surface area contributed by atoms with Gasteiger partial charge in [0.05, 0.1) is 11.1 Å². The van der Waals surface area contributed by atoms with Crippen LogP contribution in [0.4, 0.5) is 0 Å². The molecule has 0 fully saturated rings. The molecule has 3 N–H and O–H groups in total. The second-order valence-corrected chi connectivity index (χ2v) is 3.49. The lowest BCUT2D eigenvalue weighted by Gasteiger charge is -2.27. The highest BCUT2D eigenvalue weighted by atomic mass is 35.5. The summed E-state index contributed by atoms with van der Waals surface area (Å²) in [5.74, 6) is 0.554. The van der Waals surface area contributed by atoms with Crippen molar-refractivity contribution >= 4 is 11.6 Å². The van der Waals surface area contributed by atoms with E-state index in [9.17, 15) is 5.11 Å². The Morgan fingerprint density at radius 2 is 2.31 bits per heavy atom. The molecule has 70 valence electrons. The molecule has 2 rings (SSSR count). The maximum Gasteiger partial charge on any atom is 0.143 e. The molecular weight excluding hydrogens is 190 g/mol. The molecule has 0 unspecified atom stereocenters. The number of hydrogen-bond acceptors (Lipinski definition) is 3. The van der Waals surface area contributed by atoms with E-state index in [0.29, 0.717) is 22.9 Å². The average molecular weight is 200 g/mol. The summed E-state index contributed by atoms with van der Waals surface area (Å²) in [6.45, 7) is 0.303. The molecule has 4 heteroatoms. The van der Waals surface area contributed by atoms with Crippen molar-refractivity contribution in [3.05, 3.63) is 28.8 Å². The van der Waals surface area contributed by atoms with Gasteiger partial charge in [0.15, 0.2) is 0 Å². The number of fused-ring (bicyclic) bond motifs is 1. The molecule has 0 saturated carbocycles. The molecule has 2 atom stereocenters. The number of rotatable bonds is 0. The van der Waals surface area contributed by atoms with Crippen LogP contribution >= 0.6 is 11.6 Å². The minimum atomic E-state index is -0.678. The second kappa shape index (κ2) is 3.18. The molecular formula is C9H10ClNO2. The average Bonchev–Trinajstić information content (AvgIpc) is 2.12. The van der Waals surface area contributed by atoms with E-state index >= 15 is 0 Å². The monoisotopic (exact) mass is 199 g/mol. The Morgan fingerprint density at radius 3 is 3.08 bits per heavy atom. The highest BCUT2D eigenvalue weighted by Gasteiger charge is 2.27. The Morgan fingerprint density at radius 1 is 1.54 bits per heavy atom. The molecule has 13 heavy (non-hydrogen) atoms. The zero-order chi connectivity index (χ0) is 9.42. The SMILES string of the molecule is N[C@H]1COc2c(Cl)cccc2[C@H]1O. The Balaban J connectivity index is 2.49. The maximum atomic E-state index is 9.69. The first kappa shape index (κ1) is 8.81. The highest BCUT2D eigenvalue weighted by molar-refractivity contribution is 6.32. The molecule has 0 saturated heterocycles. The molecule has 1 aromatic rings. The minimum absolute atomic E-state index is 0.303. The van der Waals surface area contributed by atoms with Gasteiger partial charge in [0.1, 0.15) is 18.5 Å². The predicted molar refractivity (Wildman–Crippen MR) is 49.9 cm³/mol.